The van der Waals surface area contributed by atoms with Crippen LogP contribution in [0.25, 0.3) is 21.5 Å². The minimum atomic E-state index is -0.556. The van der Waals surface area contributed by atoms with Crippen molar-refractivity contribution in [3.05, 3.63) is 84.9 Å². The van der Waals surface area contributed by atoms with Gasteiger partial charge in [-0.1, -0.05) is 12.1 Å². The SMILES string of the molecule is CC(C)(Cl)Cl.[Zr+2].c1ccc2[cH-]ccc2c1.c1ccc2[cH-]ccc2c1. The molecule has 3 heteroatoms. The number of fused-ring (bicyclic) bond motifs is 2. The zero-order valence-electron chi connectivity index (χ0n) is 13.8. The molecule has 0 atom stereocenters. The Kier molecular flexibility index (Phi) is 8.99. The van der Waals surface area contributed by atoms with Crippen LogP contribution < -0.4 is 0 Å². The van der Waals surface area contributed by atoms with Crippen LogP contribution in [-0.4, -0.2) is 4.33 Å². The normalized spacial score (nSPS) is 10.2. The summed E-state index contributed by atoms with van der Waals surface area (Å²) in [4.78, 5) is 0. The average molecular weight is 435 g/mol. The van der Waals surface area contributed by atoms with Crippen LogP contribution in [0.3, 0.4) is 0 Å². The number of hydrogen-bond acceptors (Lipinski definition) is 0. The summed E-state index contributed by atoms with van der Waals surface area (Å²) in [5.74, 6) is 0. The van der Waals surface area contributed by atoms with E-state index in [-0.39, 0.29) is 26.2 Å². The van der Waals surface area contributed by atoms with Gasteiger partial charge < -0.3 is 0 Å². The van der Waals surface area contributed by atoms with Gasteiger partial charge in [0.25, 0.3) is 0 Å². The van der Waals surface area contributed by atoms with Gasteiger partial charge in [0.05, 0.1) is 0 Å². The molecular weight excluding hydrogens is 414 g/mol. The van der Waals surface area contributed by atoms with E-state index in [0.717, 1.165) is 0 Å². The maximum absolute atomic E-state index is 5.30. The smallest absolute Gasteiger partial charge is 0.168 e. The summed E-state index contributed by atoms with van der Waals surface area (Å²) in [5, 5.41) is 5.32. The van der Waals surface area contributed by atoms with E-state index in [4.69, 9.17) is 23.2 Å². The van der Waals surface area contributed by atoms with E-state index in [1.165, 1.54) is 21.5 Å². The monoisotopic (exact) mass is 432 g/mol. The summed E-state index contributed by atoms with van der Waals surface area (Å²) in [7, 11) is 0. The van der Waals surface area contributed by atoms with E-state index in [1.54, 1.807) is 13.8 Å². The Bertz CT molecular complexity index is 705. The van der Waals surface area contributed by atoms with E-state index in [1.807, 2.05) is 0 Å². The van der Waals surface area contributed by atoms with Gasteiger partial charge in [-0.15, -0.1) is 82.5 Å². The van der Waals surface area contributed by atoms with Crippen molar-refractivity contribution in [2.24, 2.45) is 0 Å². The first kappa shape index (κ1) is 21.2. The minimum absolute atomic E-state index is 0. The Labute approximate surface area is 173 Å². The van der Waals surface area contributed by atoms with Crippen LogP contribution in [-0.2, 0) is 26.2 Å². The van der Waals surface area contributed by atoms with Crippen molar-refractivity contribution >= 4 is 44.7 Å². The maximum atomic E-state index is 5.30. The summed E-state index contributed by atoms with van der Waals surface area (Å²) in [6.07, 6.45) is 0. The second-order valence-electron chi connectivity index (χ2n) is 5.64. The standard InChI is InChI=1S/2C9H7.C3H6Cl2.Zr/c2*1-2-5-9-7-3-6-8(9)4-1;1-3(2,4)5;/h2*1-7H;1-2H3;/q2*-1;;+2. The topological polar surface area (TPSA) is 0 Å². The van der Waals surface area contributed by atoms with E-state index in [9.17, 15) is 0 Å². The second-order valence-corrected chi connectivity index (χ2v) is 7.72. The Morgan fingerprint density at radius 3 is 1.33 bits per heavy atom. The molecule has 0 spiro atoms. The van der Waals surface area contributed by atoms with Crippen molar-refractivity contribution in [2.75, 3.05) is 0 Å². The van der Waals surface area contributed by atoms with Crippen molar-refractivity contribution in [2.45, 2.75) is 18.2 Å². The zero-order chi connectivity index (χ0) is 16.7. The molecular formula is C21H20Cl2Zr. The van der Waals surface area contributed by atoms with Gasteiger partial charge in [0, 0.05) is 0 Å². The van der Waals surface area contributed by atoms with Crippen molar-refractivity contribution in [3.63, 3.8) is 0 Å². The van der Waals surface area contributed by atoms with Gasteiger partial charge in [-0.05, 0) is 13.8 Å². The quantitative estimate of drug-likeness (QED) is 0.201. The summed E-state index contributed by atoms with van der Waals surface area (Å²) >= 11 is 10.6. The van der Waals surface area contributed by atoms with E-state index in [2.05, 4.69) is 84.9 Å². The first-order chi connectivity index (χ1) is 10.9. The number of halogens is 2. The van der Waals surface area contributed by atoms with Crippen molar-refractivity contribution in [1.82, 2.24) is 0 Å². The molecule has 0 amide bonds. The van der Waals surface area contributed by atoms with E-state index < -0.39 is 4.33 Å². The molecule has 0 aliphatic rings. The van der Waals surface area contributed by atoms with E-state index >= 15 is 0 Å². The molecule has 0 heterocycles. The first-order valence-corrected chi connectivity index (χ1v) is 8.28. The third-order valence-electron chi connectivity index (χ3n) is 3.10. The molecule has 0 nitrogen and oxygen atoms in total. The molecule has 0 saturated heterocycles. The van der Waals surface area contributed by atoms with Crippen molar-refractivity contribution < 1.29 is 26.2 Å². The van der Waals surface area contributed by atoms with Gasteiger partial charge in [0.15, 0.2) is 0 Å². The third kappa shape index (κ3) is 7.80. The molecule has 0 unspecified atom stereocenters. The number of hydrogen-bond donors (Lipinski definition) is 0. The predicted molar refractivity (Wildman–Crippen MR) is 105 cm³/mol. The average Bonchev–Trinajstić information content (AvgIpc) is 3.15. The Balaban J connectivity index is 0.000000185. The second kappa shape index (κ2) is 10.2. The van der Waals surface area contributed by atoms with Gasteiger partial charge in [0.2, 0.25) is 0 Å². The number of alkyl halides is 2. The molecule has 4 aromatic carbocycles. The van der Waals surface area contributed by atoms with Crippen molar-refractivity contribution in [3.8, 4) is 0 Å². The zero-order valence-corrected chi connectivity index (χ0v) is 17.8. The van der Waals surface area contributed by atoms with Crippen LogP contribution >= 0.6 is 23.2 Å². The number of rotatable bonds is 0. The molecule has 0 radical (unpaired) electrons. The van der Waals surface area contributed by atoms with Gasteiger partial charge in [-0.3, -0.25) is 0 Å². The molecule has 0 saturated carbocycles. The molecule has 0 N–H and O–H groups in total. The molecule has 4 rings (SSSR count). The Morgan fingerprint density at radius 2 is 1.00 bits per heavy atom. The van der Waals surface area contributed by atoms with Crippen LogP contribution in [0, 0.1) is 0 Å². The summed E-state index contributed by atoms with van der Waals surface area (Å²) in [6, 6.07) is 29.3. The van der Waals surface area contributed by atoms with Gasteiger partial charge in [-0.25, -0.2) is 0 Å². The molecule has 122 valence electrons. The molecule has 0 fully saturated rings. The summed E-state index contributed by atoms with van der Waals surface area (Å²) in [6.45, 7) is 3.44. The predicted octanol–water partition coefficient (Wildman–Crippen LogP) is 7.32. The molecule has 4 aromatic rings. The van der Waals surface area contributed by atoms with Gasteiger partial charge in [0.1, 0.15) is 4.33 Å². The molecule has 24 heavy (non-hydrogen) atoms. The molecule has 0 aliphatic carbocycles. The van der Waals surface area contributed by atoms with Crippen molar-refractivity contribution in [1.29, 1.82) is 0 Å². The fourth-order valence-corrected chi connectivity index (χ4v) is 2.14. The largest absolute Gasteiger partial charge is 2.00 e. The molecule has 0 bridgehead atoms. The fourth-order valence-electron chi connectivity index (χ4n) is 2.14. The van der Waals surface area contributed by atoms with Crippen LogP contribution in [0.15, 0.2) is 84.9 Å². The third-order valence-corrected chi connectivity index (χ3v) is 3.10. The fraction of sp³-hybridized carbons (Fsp3) is 0.143. The summed E-state index contributed by atoms with van der Waals surface area (Å²) < 4.78 is -0.556. The summed E-state index contributed by atoms with van der Waals surface area (Å²) in [5.41, 5.74) is 0. The first-order valence-electron chi connectivity index (χ1n) is 7.52. The molecule has 0 aromatic heterocycles. The van der Waals surface area contributed by atoms with Crippen LogP contribution in [0.4, 0.5) is 0 Å². The van der Waals surface area contributed by atoms with Crippen LogP contribution in [0.1, 0.15) is 13.8 Å². The minimum Gasteiger partial charge on any atom is -0.168 e. The van der Waals surface area contributed by atoms with Gasteiger partial charge >= 0.3 is 26.2 Å². The maximum Gasteiger partial charge on any atom is 2.00 e. The number of benzene rings is 2. The van der Waals surface area contributed by atoms with Crippen LogP contribution in [0.2, 0.25) is 0 Å². The van der Waals surface area contributed by atoms with Crippen LogP contribution in [0.5, 0.6) is 0 Å². The van der Waals surface area contributed by atoms with Gasteiger partial charge in [-0.2, -0.15) is 35.0 Å². The Morgan fingerprint density at radius 1 is 0.667 bits per heavy atom. The Hall–Kier alpha value is -0.877. The molecule has 0 aliphatic heterocycles. The van der Waals surface area contributed by atoms with E-state index in [0.29, 0.717) is 0 Å².